The summed E-state index contributed by atoms with van der Waals surface area (Å²) >= 11 is 0. The molecule has 2 aromatic heterocycles. The van der Waals surface area contributed by atoms with Crippen molar-refractivity contribution in [2.24, 2.45) is 0 Å². The number of aromatic nitrogens is 2. The largest absolute Gasteiger partial charge is 0.459 e. The number of ether oxygens (including phenoxy) is 4. The van der Waals surface area contributed by atoms with Gasteiger partial charge in [-0.1, -0.05) is 44.2 Å². The Bertz CT molecular complexity index is 3670. The zero-order valence-corrected chi connectivity index (χ0v) is 51.3. The maximum absolute atomic E-state index is 15.5. The van der Waals surface area contributed by atoms with Gasteiger partial charge in [0.05, 0.1) is 61.2 Å². The molecule has 7 N–H and O–H groups in total. The predicted molar refractivity (Wildman–Crippen MR) is 316 cm³/mol. The van der Waals surface area contributed by atoms with Gasteiger partial charge in [0.1, 0.15) is 55.1 Å². The highest BCUT2D eigenvalue weighted by molar-refractivity contribution is 6.15. The van der Waals surface area contributed by atoms with Gasteiger partial charge in [-0.15, -0.1) is 0 Å². The molecule has 27 nitrogen and oxygen atoms in total. The maximum atomic E-state index is 15.5. The number of aliphatic hydroxyl groups is 1. The fraction of sp³-hybridized carbons (Fsp3) is 0.468. The Kier molecular flexibility index (Phi) is 20.0. The minimum Gasteiger partial charge on any atom is -0.459 e. The van der Waals surface area contributed by atoms with Crippen LogP contribution in [0.4, 0.5) is 9.18 Å². The first-order valence-electron chi connectivity index (χ1n) is 29.3. The summed E-state index contributed by atoms with van der Waals surface area (Å²) in [5.74, 6) is -9.08. The lowest BCUT2D eigenvalue weighted by Gasteiger charge is -2.32. The summed E-state index contributed by atoms with van der Waals surface area (Å²) < 4.78 is 38.9. The van der Waals surface area contributed by atoms with Crippen molar-refractivity contribution < 1.29 is 81.2 Å². The molecule has 0 radical (unpaired) electrons. The van der Waals surface area contributed by atoms with E-state index >= 15 is 4.39 Å². The molecule has 480 valence electrons. The number of pyridine rings is 2. The number of carbonyl (C=O) groups is 11. The van der Waals surface area contributed by atoms with Crippen molar-refractivity contribution in [3.05, 3.63) is 110 Å². The number of nitrogens with zero attached hydrogens (tertiary/aromatic N) is 4. The SMILES string of the molecule is CC[C@H](OCNC(=O)CNC(=O)[C@H](Cc1ccccc1)NC(=O)CNC(=O)CNC(=O)[C@H](CN(CC(=O)OC(C)(C)C)C(=O)OC(C)(C)C)N1C(=O)C=CC1=O)C(=O)N[C@H]1CCc2c(C)c(F)cc3nc4c(c1c23)Cn1c-4cc2c(c1=O)COC(=O)[C@]2(O)CC. The number of cyclic esters (lactones) is 1. The fourth-order valence-corrected chi connectivity index (χ4v) is 11.0. The van der Waals surface area contributed by atoms with Crippen LogP contribution in [0.1, 0.15) is 120 Å². The molecule has 2 aromatic carbocycles. The lowest BCUT2D eigenvalue weighted by Crippen LogP contribution is -2.57. The number of aryl methyl sites for hydroxylation is 1. The molecule has 0 saturated heterocycles. The number of imide groups is 1. The van der Waals surface area contributed by atoms with Crippen molar-refractivity contribution in [2.45, 2.75) is 149 Å². The number of nitrogens with one attached hydrogen (secondary N) is 6. The van der Waals surface area contributed by atoms with Crippen LogP contribution in [0.15, 0.2) is 59.4 Å². The van der Waals surface area contributed by atoms with E-state index in [1.54, 1.807) is 98.7 Å². The summed E-state index contributed by atoms with van der Waals surface area (Å²) in [6.45, 7) is 9.94. The molecule has 0 spiro atoms. The van der Waals surface area contributed by atoms with Crippen LogP contribution in [0.5, 0.6) is 0 Å². The Labute approximate surface area is 516 Å². The van der Waals surface area contributed by atoms with Gasteiger partial charge >= 0.3 is 18.0 Å². The van der Waals surface area contributed by atoms with Crippen molar-refractivity contribution in [2.75, 3.05) is 39.5 Å². The van der Waals surface area contributed by atoms with Crippen LogP contribution in [0.3, 0.4) is 0 Å². The van der Waals surface area contributed by atoms with Gasteiger partial charge in [-0.3, -0.25) is 57.7 Å². The summed E-state index contributed by atoms with van der Waals surface area (Å²) in [7, 11) is 0. The molecule has 9 amide bonds. The molecular weight excluding hydrogens is 1180 g/mol. The third-order valence-electron chi connectivity index (χ3n) is 15.4. The Morgan fingerprint density at radius 2 is 1.47 bits per heavy atom. The molecule has 5 atom stereocenters. The normalized spacial score (nSPS) is 17.4. The number of esters is 2. The van der Waals surface area contributed by atoms with Gasteiger partial charge in [0.25, 0.3) is 17.4 Å². The highest BCUT2D eigenvalue weighted by Gasteiger charge is 2.47. The van der Waals surface area contributed by atoms with E-state index in [9.17, 15) is 62.6 Å². The molecule has 0 fully saturated rings. The maximum Gasteiger partial charge on any atom is 0.410 e. The van der Waals surface area contributed by atoms with Crippen molar-refractivity contribution in [1.82, 2.24) is 51.3 Å². The van der Waals surface area contributed by atoms with E-state index in [0.29, 0.717) is 62.3 Å². The van der Waals surface area contributed by atoms with Crippen LogP contribution < -0.4 is 37.5 Å². The van der Waals surface area contributed by atoms with Crippen LogP contribution in [-0.4, -0.2) is 159 Å². The zero-order chi connectivity index (χ0) is 65.7. The first-order valence-corrected chi connectivity index (χ1v) is 29.3. The van der Waals surface area contributed by atoms with Gasteiger partial charge in [0.15, 0.2) is 5.60 Å². The van der Waals surface area contributed by atoms with Gasteiger partial charge in [-0.25, -0.2) is 19.0 Å². The van der Waals surface area contributed by atoms with Gasteiger partial charge in [-0.05, 0) is 102 Å². The zero-order valence-electron chi connectivity index (χ0n) is 51.3. The Hall–Kier alpha value is -9.44. The van der Waals surface area contributed by atoms with Gasteiger partial charge < -0.3 is 60.5 Å². The summed E-state index contributed by atoms with van der Waals surface area (Å²) in [6.07, 6.45) is 0.315. The minimum atomic E-state index is -2.08. The number of hydrogen-bond donors (Lipinski definition) is 7. The predicted octanol–water partition coefficient (Wildman–Crippen LogP) is 1.45. The third-order valence-corrected chi connectivity index (χ3v) is 15.4. The number of benzene rings is 2. The topological polar surface area (TPSA) is 358 Å². The van der Waals surface area contributed by atoms with E-state index < -0.39 is 157 Å². The van der Waals surface area contributed by atoms with Gasteiger partial charge in [-0.2, -0.15) is 0 Å². The second-order valence-electron chi connectivity index (χ2n) is 24.1. The average molecular weight is 1250 g/mol. The lowest BCUT2D eigenvalue weighted by molar-refractivity contribution is -0.172. The number of carbonyl (C=O) groups excluding carboxylic acids is 11. The van der Waals surface area contributed by atoms with Gasteiger partial charge in [0, 0.05) is 41.2 Å². The molecule has 28 heteroatoms. The van der Waals surface area contributed by atoms with E-state index in [4.69, 9.17) is 23.9 Å². The standard InChI is InChI=1S/C62H73FN10O17/c1-10-44(56(82)70-39-18-17-34-32(3)38(63)23-40-51(34)52(39)35-27-72-42(53(35)69-40)22-37-36(57(72)83)30-87-58(84)62(37,86)11-2)88-31-67-46(75)25-65-54(80)41(21-33-15-13-12-14-16-33)68-47(76)26-64-45(74)24-66-55(81)43(73-48(77)19-20-49(73)78)28-71(59(85)90-61(7,8)9)29-50(79)89-60(4,5)6/h12-16,19-20,22-23,39,41,43-44,86H,10-11,17-18,21,24-31H2,1-9H3,(H,64,74)(H,65,80)(H,66,81)(H,67,75)(H,68,76)(H,70,82)/t39-,41-,43-,44-,62-/m0/s1. The van der Waals surface area contributed by atoms with Crippen molar-refractivity contribution in [3.63, 3.8) is 0 Å². The van der Waals surface area contributed by atoms with Crippen LogP contribution in [0, 0.1) is 12.7 Å². The Balaban J connectivity index is 0.861. The number of fused-ring (bicyclic) bond motifs is 5. The number of rotatable bonds is 23. The van der Waals surface area contributed by atoms with Crippen molar-refractivity contribution in [1.29, 1.82) is 0 Å². The molecule has 0 unspecified atom stereocenters. The van der Waals surface area contributed by atoms with Crippen LogP contribution in [-0.2, 0) is 98.5 Å². The molecule has 4 aromatic rings. The summed E-state index contributed by atoms with van der Waals surface area (Å²) in [5, 5.41) is 27.3. The molecule has 5 heterocycles. The highest BCUT2D eigenvalue weighted by atomic mass is 19.1. The van der Waals surface area contributed by atoms with E-state index in [2.05, 4.69) is 31.9 Å². The monoisotopic (exact) mass is 1250 g/mol. The number of amides is 9. The molecule has 4 aliphatic rings. The summed E-state index contributed by atoms with van der Waals surface area (Å²) in [6, 6.07) is 7.62. The van der Waals surface area contributed by atoms with E-state index in [1.165, 1.54) is 10.6 Å². The smallest absolute Gasteiger partial charge is 0.410 e. The first kappa shape index (κ1) is 66.5. The van der Waals surface area contributed by atoms with E-state index in [-0.39, 0.29) is 49.1 Å². The Morgan fingerprint density at radius 3 is 2.11 bits per heavy atom. The molecule has 90 heavy (non-hydrogen) atoms. The van der Waals surface area contributed by atoms with E-state index in [1.807, 2.05) is 0 Å². The first-order chi connectivity index (χ1) is 42.4. The summed E-state index contributed by atoms with van der Waals surface area (Å²) in [5.41, 5.74) is -0.530. The van der Waals surface area contributed by atoms with E-state index in [0.717, 1.165) is 17.1 Å². The molecular formula is C62H73FN10O17. The third kappa shape index (κ3) is 15.0. The molecule has 1 aliphatic carbocycles. The molecule has 3 aliphatic heterocycles. The number of hydrogen-bond acceptors (Lipinski definition) is 18. The Morgan fingerprint density at radius 1 is 0.822 bits per heavy atom. The number of halogens is 1. The second kappa shape index (κ2) is 27.1. The van der Waals surface area contributed by atoms with Gasteiger partial charge in [0.2, 0.25) is 35.4 Å². The van der Waals surface area contributed by atoms with Crippen LogP contribution in [0.2, 0.25) is 0 Å². The lowest BCUT2D eigenvalue weighted by atomic mass is 9.81. The molecule has 0 saturated carbocycles. The van der Waals surface area contributed by atoms with Crippen molar-refractivity contribution in [3.8, 4) is 11.4 Å². The average Bonchev–Trinajstić information content (AvgIpc) is 1.46. The fourth-order valence-electron chi connectivity index (χ4n) is 11.0. The minimum absolute atomic E-state index is 0.0214. The quantitative estimate of drug-likeness (QED) is 0.0211. The highest BCUT2D eigenvalue weighted by Crippen LogP contribution is 2.46. The molecule has 8 rings (SSSR count). The second-order valence-corrected chi connectivity index (χ2v) is 24.1. The summed E-state index contributed by atoms with van der Waals surface area (Å²) in [4.78, 5) is 166. The molecule has 0 bridgehead atoms. The van der Waals surface area contributed by atoms with Crippen LogP contribution in [0.25, 0.3) is 22.3 Å². The van der Waals surface area contributed by atoms with Crippen LogP contribution >= 0.6 is 0 Å². The van der Waals surface area contributed by atoms with Crippen molar-refractivity contribution >= 4 is 76.2 Å².